The molecule has 1 atom stereocenters. The molecule has 0 saturated carbocycles. The molecule has 2 heterocycles. The Morgan fingerprint density at radius 1 is 1.16 bits per heavy atom. The van der Waals surface area contributed by atoms with E-state index < -0.39 is 18.3 Å². The molecule has 160 valence electrons. The van der Waals surface area contributed by atoms with Crippen LogP contribution < -0.4 is 15.8 Å². The van der Waals surface area contributed by atoms with Gasteiger partial charge in [-0.3, -0.25) is 4.79 Å². The molecule has 0 spiro atoms. The Morgan fingerprint density at radius 2 is 1.87 bits per heavy atom. The fourth-order valence-corrected chi connectivity index (χ4v) is 3.11. The molecule has 0 bridgehead atoms. The number of halogens is 3. The van der Waals surface area contributed by atoms with E-state index >= 15 is 0 Å². The van der Waals surface area contributed by atoms with Gasteiger partial charge in [0.1, 0.15) is 11.8 Å². The number of carbonyl (C=O) groups is 1. The maximum atomic E-state index is 12.4. The van der Waals surface area contributed by atoms with Crippen molar-refractivity contribution in [3.05, 3.63) is 48.5 Å². The Labute approximate surface area is 173 Å². The lowest BCUT2D eigenvalue weighted by Gasteiger charge is -2.15. The number of alkyl halides is 3. The highest BCUT2D eigenvalue weighted by molar-refractivity contribution is 5.93. The molecule has 0 saturated heterocycles. The smallest absolute Gasteiger partial charge is 0.406 e. The summed E-state index contributed by atoms with van der Waals surface area (Å²) < 4.78 is 42.5. The number of amides is 1. The van der Waals surface area contributed by atoms with Gasteiger partial charge < -0.3 is 15.8 Å². The first kappa shape index (κ1) is 20.4. The van der Waals surface area contributed by atoms with E-state index in [4.69, 9.17) is 5.73 Å². The number of nitrogens with two attached hydrogens (primary N) is 1. The number of nitrogens with one attached hydrogen (secondary N) is 1. The molecule has 0 radical (unpaired) electrons. The second-order valence-electron chi connectivity index (χ2n) is 6.70. The van der Waals surface area contributed by atoms with Crippen molar-refractivity contribution in [1.29, 1.82) is 0 Å². The Hall–Kier alpha value is -3.89. The highest BCUT2D eigenvalue weighted by Crippen LogP contribution is 2.27. The van der Waals surface area contributed by atoms with Crippen LogP contribution in [-0.4, -0.2) is 37.9 Å². The van der Waals surface area contributed by atoms with Gasteiger partial charge >= 0.3 is 6.36 Å². The predicted molar refractivity (Wildman–Crippen MR) is 107 cm³/mol. The third-order valence-electron chi connectivity index (χ3n) is 4.58. The van der Waals surface area contributed by atoms with E-state index in [-0.39, 0.29) is 17.5 Å². The average molecular weight is 430 g/mol. The first-order valence-corrected chi connectivity index (χ1v) is 9.32. The summed E-state index contributed by atoms with van der Waals surface area (Å²) in [6.07, 6.45) is -4.34. The second-order valence-corrected chi connectivity index (χ2v) is 6.70. The Morgan fingerprint density at radius 3 is 2.52 bits per heavy atom. The first-order chi connectivity index (χ1) is 14.7. The van der Waals surface area contributed by atoms with Crippen LogP contribution in [0.25, 0.3) is 27.9 Å². The van der Waals surface area contributed by atoms with Gasteiger partial charge in [0.2, 0.25) is 11.9 Å². The molecule has 0 aliphatic carbocycles. The van der Waals surface area contributed by atoms with Gasteiger partial charge in [0.15, 0.2) is 11.5 Å². The predicted octanol–water partition coefficient (Wildman–Crippen LogP) is 3.52. The SMILES string of the molecule is CC[C@@H](Nc1nc2ccccc2c2nc(-c3ccc(OC(F)(F)F)cc3)nn12)C(N)=O. The number of fused-ring (bicyclic) bond motifs is 3. The molecule has 1 amide bonds. The number of benzene rings is 2. The summed E-state index contributed by atoms with van der Waals surface area (Å²) in [4.78, 5) is 20.8. The normalized spacial score (nSPS) is 12.8. The number of carbonyl (C=O) groups excluding carboxylic acids is 1. The zero-order valence-electron chi connectivity index (χ0n) is 16.2. The van der Waals surface area contributed by atoms with Crippen LogP contribution in [0.1, 0.15) is 13.3 Å². The van der Waals surface area contributed by atoms with E-state index in [1.807, 2.05) is 18.2 Å². The number of anilines is 1. The lowest BCUT2D eigenvalue weighted by atomic mass is 10.2. The molecule has 8 nitrogen and oxygen atoms in total. The average Bonchev–Trinajstić information content (AvgIpc) is 3.17. The quantitative estimate of drug-likeness (QED) is 0.485. The molecule has 4 rings (SSSR count). The van der Waals surface area contributed by atoms with Crippen molar-refractivity contribution in [2.45, 2.75) is 25.7 Å². The van der Waals surface area contributed by atoms with Crippen LogP contribution in [0.15, 0.2) is 48.5 Å². The van der Waals surface area contributed by atoms with Crippen LogP contribution in [0, 0.1) is 0 Å². The van der Waals surface area contributed by atoms with E-state index in [1.54, 1.807) is 13.0 Å². The van der Waals surface area contributed by atoms with Crippen molar-refractivity contribution in [1.82, 2.24) is 19.6 Å². The topological polar surface area (TPSA) is 107 Å². The molecule has 0 aliphatic rings. The van der Waals surface area contributed by atoms with Gasteiger partial charge in [0.05, 0.1) is 5.52 Å². The van der Waals surface area contributed by atoms with Crippen molar-refractivity contribution < 1.29 is 22.7 Å². The molecule has 3 N–H and O–H groups in total. The van der Waals surface area contributed by atoms with E-state index in [2.05, 4.69) is 25.1 Å². The lowest BCUT2D eigenvalue weighted by molar-refractivity contribution is -0.274. The Bertz CT molecular complexity index is 1250. The number of nitrogens with zero attached hydrogens (tertiary/aromatic N) is 4. The maximum Gasteiger partial charge on any atom is 0.573 e. The number of hydrogen-bond acceptors (Lipinski definition) is 6. The first-order valence-electron chi connectivity index (χ1n) is 9.32. The Balaban J connectivity index is 1.81. The lowest BCUT2D eigenvalue weighted by Crippen LogP contribution is -2.35. The fraction of sp³-hybridized carbons (Fsp3) is 0.200. The van der Waals surface area contributed by atoms with Crippen molar-refractivity contribution in [2.24, 2.45) is 5.73 Å². The third-order valence-corrected chi connectivity index (χ3v) is 4.58. The molecule has 2 aromatic carbocycles. The molecule has 11 heteroatoms. The standard InChI is InChI=1S/C20H17F3N6O2/c1-2-14(16(24)30)25-19-26-15-6-4-3-5-13(15)18-27-17(28-29(18)19)11-7-9-12(10-8-11)31-20(21,22)23/h3-10,14H,2H2,1H3,(H2,24,30)(H,25,26)/t14-/m1/s1. The van der Waals surface area contributed by atoms with Crippen LogP contribution in [0.4, 0.5) is 19.1 Å². The Kier molecular flexibility index (Phi) is 5.09. The molecule has 0 unspecified atom stereocenters. The summed E-state index contributed by atoms with van der Waals surface area (Å²) in [6, 6.07) is 11.8. The van der Waals surface area contributed by atoms with Crippen LogP contribution in [0.2, 0.25) is 0 Å². The molecule has 2 aromatic heterocycles. The van der Waals surface area contributed by atoms with Crippen LogP contribution in [0.3, 0.4) is 0 Å². The summed E-state index contributed by atoms with van der Waals surface area (Å²) in [5, 5.41) is 8.16. The van der Waals surface area contributed by atoms with Gasteiger partial charge in [-0.2, -0.15) is 4.52 Å². The van der Waals surface area contributed by atoms with Crippen LogP contribution in [0.5, 0.6) is 5.75 Å². The third kappa shape index (κ3) is 4.20. The highest BCUT2D eigenvalue weighted by Gasteiger charge is 2.31. The van der Waals surface area contributed by atoms with Gasteiger partial charge in [-0.05, 0) is 42.8 Å². The zero-order chi connectivity index (χ0) is 22.2. The summed E-state index contributed by atoms with van der Waals surface area (Å²) in [7, 11) is 0. The largest absolute Gasteiger partial charge is 0.573 e. The summed E-state index contributed by atoms with van der Waals surface area (Å²) in [6.45, 7) is 1.80. The maximum absolute atomic E-state index is 12.4. The van der Waals surface area contributed by atoms with E-state index in [0.717, 1.165) is 5.39 Å². The highest BCUT2D eigenvalue weighted by atomic mass is 19.4. The number of ether oxygens (including phenoxy) is 1. The summed E-state index contributed by atoms with van der Waals surface area (Å²) >= 11 is 0. The summed E-state index contributed by atoms with van der Waals surface area (Å²) in [5.74, 6) is -0.338. The fourth-order valence-electron chi connectivity index (χ4n) is 3.11. The molecule has 0 aliphatic heterocycles. The van der Waals surface area contributed by atoms with Gasteiger partial charge in [-0.15, -0.1) is 18.3 Å². The molecule has 31 heavy (non-hydrogen) atoms. The van der Waals surface area contributed by atoms with Crippen LogP contribution >= 0.6 is 0 Å². The number of primary amides is 1. The van der Waals surface area contributed by atoms with Gasteiger partial charge in [0.25, 0.3) is 0 Å². The molecule has 0 fully saturated rings. The monoisotopic (exact) mass is 430 g/mol. The molecular weight excluding hydrogens is 413 g/mol. The van der Waals surface area contributed by atoms with Crippen molar-refractivity contribution >= 4 is 28.4 Å². The van der Waals surface area contributed by atoms with Gasteiger partial charge in [-0.25, -0.2) is 9.97 Å². The minimum atomic E-state index is -4.77. The van der Waals surface area contributed by atoms with E-state index in [9.17, 15) is 18.0 Å². The summed E-state index contributed by atoms with van der Waals surface area (Å²) in [5.41, 5.74) is 7.02. The number of rotatable bonds is 6. The molecular formula is C20H17F3N6O2. The van der Waals surface area contributed by atoms with Gasteiger partial charge in [0, 0.05) is 10.9 Å². The van der Waals surface area contributed by atoms with E-state index in [0.29, 0.717) is 23.1 Å². The minimum absolute atomic E-state index is 0.270. The van der Waals surface area contributed by atoms with Gasteiger partial charge in [-0.1, -0.05) is 19.1 Å². The van der Waals surface area contributed by atoms with Crippen molar-refractivity contribution in [3.63, 3.8) is 0 Å². The van der Waals surface area contributed by atoms with Crippen molar-refractivity contribution in [3.8, 4) is 17.1 Å². The van der Waals surface area contributed by atoms with Crippen LogP contribution in [-0.2, 0) is 4.79 Å². The zero-order valence-corrected chi connectivity index (χ0v) is 16.2. The second kappa shape index (κ2) is 7.74. The van der Waals surface area contributed by atoms with E-state index in [1.165, 1.54) is 28.8 Å². The van der Waals surface area contributed by atoms with Crippen molar-refractivity contribution in [2.75, 3.05) is 5.32 Å². The number of aromatic nitrogens is 4. The number of para-hydroxylation sites is 1. The number of hydrogen-bond donors (Lipinski definition) is 2. The minimum Gasteiger partial charge on any atom is -0.406 e. The molecule has 4 aromatic rings.